The van der Waals surface area contributed by atoms with Gasteiger partial charge in [-0.05, 0) is 19.4 Å². The average molecular weight is 192 g/mol. The normalized spacial score (nSPS) is 14.4. The second-order valence-corrected chi connectivity index (χ2v) is 3.51. The van der Waals surface area contributed by atoms with Crippen molar-refractivity contribution in [3.05, 3.63) is 48.3 Å². The molecule has 1 atom stereocenters. The van der Waals surface area contributed by atoms with Crippen LogP contribution in [-0.4, -0.2) is 6.29 Å². The number of carbonyl (C=O) groups is 1. The fourth-order valence-corrected chi connectivity index (χ4v) is 1.45. The first-order chi connectivity index (χ1) is 6.64. The number of benzene rings is 1. The van der Waals surface area contributed by atoms with E-state index in [0.717, 1.165) is 6.29 Å². The zero-order valence-electron chi connectivity index (χ0n) is 8.16. The fourth-order valence-electron chi connectivity index (χ4n) is 1.45. The van der Waals surface area contributed by atoms with Crippen LogP contribution in [0.4, 0.5) is 4.39 Å². The van der Waals surface area contributed by atoms with Gasteiger partial charge in [-0.25, -0.2) is 4.39 Å². The van der Waals surface area contributed by atoms with Gasteiger partial charge >= 0.3 is 0 Å². The Morgan fingerprint density at radius 3 is 2.64 bits per heavy atom. The monoisotopic (exact) mass is 192 g/mol. The predicted octanol–water partition coefficient (Wildman–Crippen LogP) is 2.86. The number of rotatable bonds is 4. The molecule has 0 saturated heterocycles. The Morgan fingerprint density at radius 2 is 2.14 bits per heavy atom. The first-order valence-corrected chi connectivity index (χ1v) is 4.46. The molecule has 0 spiro atoms. The van der Waals surface area contributed by atoms with Crippen molar-refractivity contribution in [1.82, 2.24) is 0 Å². The third-order valence-electron chi connectivity index (χ3n) is 2.32. The van der Waals surface area contributed by atoms with Crippen molar-refractivity contribution >= 4 is 6.29 Å². The maximum Gasteiger partial charge on any atom is 0.130 e. The number of halogens is 1. The van der Waals surface area contributed by atoms with Gasteiger partial charge in [0.15, 0.2) is 0 Å². The van der Waals surface area contributed by atoms with E-state index in [1.54, 1.807) is 31.2 Å². The summed E-state index contributed by atoms with van der Waals surface area (Å²) in [7, 11) is 0. The van der Waals surface area contributed by atoms with E-state index in [-0.39, 0.29) is 5.82 Å². The van der Waals surface area contributed by atoms with Crippen LogP contribution in [0.2, 0.25) is 0 Å². The van der Waals surface area contributed by atoms with Crippen molar-refractivity contribution in [2.45, 2.75) is 18.8 Å². The zero-order valence-corrected chi connectivity index (χ0v) is 8.16. The first kappa shape index (κ1) is 10.6. The minimum Gasteiger partial charge on any atom is -0.302 e. The van der Waals surface area contributed by atoms with Crippen molar-refractivity contribution in [3.63, 3.8) is 0 Å². The molecule has 1 unspecified atom stereocenters. The third kappa shape index (κ3) is 1.90. The summed E-state index contributed by atoms with van der Waals surface area (Å²) in [6.07, 6.45) is 2.84. The highest BCUT2D eigenvalue weighted by Crippen LogP contribution is 2.27. The van der Waals surface area contributed by atoms with Crippen LogP contribution < -0.4 is 0 Å². The highest BCUT2D eigenvalue weighted by molar-refractivity contribution is 5.68. The molecule has 0 fully saturated rings. The largest absolute Gasteiger partial charge is 0.302 e. The molecule has 0 radical (unpaired) electrons. The van der Waals surface area contributed by atoms with Crippen LogP contribution in [0.1, 0.15) is 18.9 Å². The van der Waals surface area contributed by atoms with Crippen LogP contribution in [-0.2, 0) is 10.2 Å². The summed E-state index contributed by atoms with van der Waals surface area (Å²) in [5.41, 5.74) is -0.373. The van der Waals surface area contributed by atoms with Gasteiger partial charge < -0.3 is 4.79 Å². The molecule has 2 heteroatoms. The van der Waals surface area contributed by atoms with E-state index < -0.39 is 5.41 Å². The third-order valence-corrected chi connectivity index (χ3v) is 2.32. The number of carbonyl (C=O) groups excluding carboxylic acids is 1. The zero-order chi connectivity index (χ0) is 10.6. The minimum absolute atomic E-state index is 0.344. The van der Waals surface area contributed by atoms with Gasteiger partial charge in [-0.15, -0.1) is 6.58 Å². The lowest BCUT2D eigenvalue weighted by Gasteiger charge is -2.22. The Labute approximate surface area is 83.3 Å². The number of aldehydes is 1. The fraction of sp³-hybridized carbons (Fsp3) is 0.250. The molecule has 0 saturated carbocycles. The molecule has 0 aromatic heterocycles. The van der Waals surface area contributed by atoms with E-state index in [9.17, 15) is 9.18 Å². The van der Waals surface area contributed by atoms with E-state index in [1.165, 1.54) is 6.07 Å². The molecular formula is C12H13FO. The Balaban J connectivity index is 3.18. The van der Waals surface area contributed by atoms with Crippen LogP contribution in [0, 0.1) is 5.82 Å². The van der Waals surface area contributed by atoms with Crippen LogP contribution in [0.3, 0.4) is 0 Å². The van der Waals surface area contributed by atoms with Gasteiger partial charge in [0.25, 0.3) is 0 Å². The average Bonchev–Trinajstić information content (AvgIpc) is 2.18. The van der Waals surface area contributed by atoms with Crippen LogP contribution in [0.5, 0.6) is 0 Å². The van der Waals surface area contributed by atoms with Crippen molar-refractivity contribution in [2.75, 3.05) is 0 Å². The lowest BCUT2D eigenvalue weighted by atomic mass is 9.81. The second-order valence-electron chi connectivity index (χ2n) is 3.51. The molecule has 1 nitrogen and oxygen atoms in total. The summed E-state index contributed by atoms with van der Waals surface area (Å²) in [5.74, 6) is -0.344. The van der Waals surface area contributed by atoms with E-state index in [0.29, 0.717) is 12.0 Å². The molecule has 1 rings (SSSR count). The van der Waals surface area contributed by atoms with Gasteiger partial charge in [-0.1, -0.05) is 24.3 Å². The molecule has 0 aliphatic carbocycles. The highest BCUT2D eigenvalue weighted by atomic mass is 19.1. The molecule has 0 heterocycles. The van der Waals surface area contributed by atoms with Crippen molar-refractivity contribution < 1.29 is 9.18 Å². The molecular weight excluding hydrogens is 179 g/mol. The maximum atomic E-state index is 13.4. The summed E-state index contributed by atoms with van der Waals surface area (Å²) in [4.78, 5) is 11.0. The summed E-state index contributed by atoms with van der Waals surface area (Å²) in [5, 5.41) is 0. The molecule has 0 bridgehead atoms. The van der Waals surface area contributed by atoms with Crippen LogP contribution in [0.25, 0.3) is 0 Å². The Morgan fingerprint density at radius 1 is 1.50 bits per heavy atom. The summed E-state index contributed by atoms with van der Waals surface area (Å²) in [6.45, 7) is 5.28. The van der Waals surface area contributed by atoms with E-state index in [1.807, 2.05) is 0 Å². The second kappa shape index (κ2) is 4.18. The Hall–Kier alpha value is -1.44. The van der Waals surface area contributed by atoms with Crippen molar-refractivity contribution in [1.29, 1.82) is 0 Å². The summed E-state index contributed by atoms with van der Waals surface area (Å²) in [6, 6.07) is 6.33. The van der Waals surface area contributed by atoms with Crippen LogP contribution >= 0.6 is 0 Å². The van der Waals surface area contributed by atoms with Crippen molar-refractivity contribution in [3.8, 4) is 0 Å². The first-order valence-electron chi connectivity index (χ1n) is 4.46. The Kier molecular flexibility index (Phi) is 3.18. The standard InChI is InChI=1S/C12H13FO/c1-3-8-12(2,9-14)10-6-4-5-7-11(10)13/h3-7,9H,1,8H2,2H3. The van der Waals surface area contributed by atoms with Gasteiger partial charge in [-0.3, -0.25) is 0 Å². The van der Waals surface area contributed by atoms with Gasteiger partial charge in [0, 0.05) is 5.56 Å². The molecule has 0 aliphatic heterocycles. The molecule has 0 aliphatic rings. The molecule has 14 heavy (non-hydrogen) atoms. The SMILES string of the molecule is C=CCC(C)(C=O)c1ccccc1F. The summed E-state index contributed by atoms with van der Waals surface area (Å²) >= 11 is 0. The lowest BCUT2D eigenvalue weighted by molar-refractivity contribution is -0.112. The molecule has 1 aromatic carbocycles. The van der Waals surface area contributed by atoms with E-state index in [4.69, 9.17) is 0 Å². The number of hydrogen-bond acceptors (Lipinski definition) is 1. The number of allylic oxidation sites excluding steroid dienone is 1. The van der Waals surface area contributed by atoms with Crippen LogP contribution in [0.15, 0.2) is 36.9 Å². The van der Waals surface area contributed by atoms with Gasteiger partial charge in [-0.2, -0.15) is 0 Å². The smallest absolute Gasteiger partial charge is 0.130 e. The van der Waals surface area contributed by atoms with Gasteiger partial charge in [0.1, 0.15) is 12.1 Å². The summed E-state index contributed by atoms with van der Waals surface area (Å²) < 4.78 is 13.4. The quantitative estimate of drug-likeness (QED) is 0.529. The Bertz CT molecular complexity index is 346. The highest BCUT2D eigenvalue weighted by Gasteiger charge is 2.27. The molecule has 0 N–H and O–H groups in total. The van der Waals surface area contributed by atoms with E-state index >= 15 is 0 Å². The predicted molar refractivity (Wildman–Crippen MR) is 54.6 cm³/mol. The molecule has 74 valence electrons. The molecule has 1 aromatic rings. The lowest BCUT2D eigenvalue weighted by Crippen LogP contribution is -2.24. The topological polar surface area (TPSA) is 17.1 Å². The number of hydrogen-bond donors (Lipinski definition) is 0. The minimum atomic E-state index is -0.799. The maximum absolute atomic E-state index is 13.4. The molecule has 0 amide bonds. The van der Waals surface area contributed by atoms with Gasteiger partial charge in [0.05, 0.1) is 5.41 Å². The van der Waals surface area contributed by atoms with Gasteiger partial charge in [0.2, 0.25) is 0 Å². The van der Waals surface area contributed by atoms with E-state index in [2.05, 4.69) is 6.58 Å². The van der Waals surface area contributed by atoms with Crippen molar-refractivity contribution in [2.24, 2.45) is 0 Å².